The van der Waals surface area contributed by atoms with Crippen molar-refractivity contribution in [3.63, 3.8) is 0 Å². The van der Waals surface area contributed by atoms with Crippen LogP contribution in [0.1, 0.15) is 22.8 Å². The Morgan fingerprint density at radius 1 is 1.29 bits per heavy atom. The molecule has 0 heterocycles. The first-order valence-electron chi connectivity index (χ1n) is 8.13. The van der Waals surface area contributed by atoms with E-state index in [0.717, 1.165) is 8.04 Å². The Morgan fingerprint density at radius 2 is 1.96 bits per heavy atom. The maximum Gasteiger partial charge on any atom is 0.337 e. The molecule has 0 aliphatic carbocycles. The number of benzene rings is 2. The van der Waals surface area contributed by atoms with Crippen LogP contribution in [0.15, 0.2) is 46.4 Å². The molecule has 28 heavy (non-hydrogen) atoms. The third-order valence-electron chi connectivity index (χ3n) is 3.55. The molecule has 8 heteroatoms. The molecule has 0 spiro atoms. The molecule has 2 aromatic rings. The zero-order valence-electron chi connectivity index (χ0n) is 15.1. The Bertz CT molecular complexity index is 942. The average molecular weight is 555 g/mol. The van der Waals surface area contributed by atoms with Crippen molar-refractivity contribution < 1.29 is 19.1 Å². The second-order valence-corrected chi connectivity index (χ2v) is 7.46. The molecule has 0 saturated carbocycles. The summed E-state index contributed by atoms with van der Waals surface area (Å²) in [4.78, 5) is 23.9. The van der Waals surface area contributed by atoms with Gasteiger partial charge in [-0.1, -0.05) is 0 Å². The molecule has 2 rings (SSSR count). The molecule has 1 amide bonds. The lowest BCUT2D eigenvalue weighted by Crippen LogP contribution is -2.13. The number of ether oxygens (including phenoxy) is 2. The van der Waals surface area contributed by atoms with Gasteiger partial charge in [-0.2, -0.15) is 5.26 Å². The quantitative estimate of drug-likeness (QED) is 0.240. The summed E-state index contributed by atoms with van der Waals surface area (Å²) in [5.41, 5.74) is 1.46. The van der Waals surface area contributed by atoms with Crippen molar-refractivity contribution in [1.82, 2.24) is 0 Å². The minimum Gasteiger partial charge on any atom is -0.492 e. The largest absolute Gasteiger partial charge is 0.492 e. The highest BCUT2D eigenvalue weighted by Gasteiger charge is 2.13. The molecule has 1 N–H and O–H groups in total. The highest BCUT2D eigenvalue weighted by Crippen LogP contribution is 2.32. The molecule has 0 bridgehead atoms. The normalized spacial score (nSPS) is 10.8. The van der Waals surface area contributed by atoms with Crippen molar-refractivity contribution in [2.75, 3.05) is 19.0 Å². The first-order valence-corrected chi connectivity index (χ1v) is 10.00. The van der Waals surface area contributed by atoms with E-state index in [2.05, 4.69) is 48.6 Å². The van der Waals surface area contributed by atoms with Crippen LogP contribution in [-0.4, -0.2) is 25.6 Å². The van der Waals surface area contributed by atoms with Crippen molar-refractivity contribution in [3.05, 3.63) is 61.1 Å². The molecular formula is C20H16BrIN2O4. The van der Waals surface area contributed by atoms with Crippen molar-refractivity contribution in [2.24, 2.45) is 0 Å². The van der Waals surface area contributed by atoms with E-state index in [-0.39, 0.29) is 5.57 Å². The number of methoxy groups -OCH3 is 1. The molecule has 6 nitrogen and oxygen atoms in total. The summed E-state index contributed by atoms with van der Waals surface area (Å²) in [7, 11) is 1.29. The molecule has 0 atom stereocenters. The van der Waals surface area contributed by atoms with Crippen molar-refractivity contribution in [2.45, 2.75) is 6.92 Å². The van der Waals surface area contributed by atoms with Gasteiger partial charge in [-0.25, -0.2) is 4.79 Å². The number of amides is 1. The summed E-state index contributed by atoms with van der Waals surface area (Å²) in [5, 5.41) is 12.0. The lowest BCUT2D eigenvalue weighted by molar-refractivity contribution is -0.112. The van der Waals surface area contributed by atoms with E-state index in [9.17, 15) is 14.9 Å². The van der Waals surface area contributed by atoms with Crippen molar-refractivity contribution in [3.8, 4) is 11.8 Å². The van der Waals surface area contributed by atoms with Gasteiger partial charge in [0.2, 0.25) is 0 Å². The lowest BCUT2D eigenvalue weighted by atomic mass is 10.1. The average Bonchev–Trinajstić information content (AvgIpc) is 2.68. The third-order valence-corrected chi connectivity index (χ3v) is 4.94. The van der Waals surface area contributed by atoms with Crippen LogP contribution in [0, 0.1) is 14.9 Å². The van der Waals surface area contributed by atoms with Gasteiger partial charge >= 0.3 is 5.97 Å². The van der Waals surface area contributed by atoms with Crippen LogP contribution < -0.4 is 10.1 Å². The molecule has 0 aromatic heterocycles. The van der Waals surface area contributed by atoms with Gasteiger partial charge in [0.05, 0.1) is 27.3 Å². The molecule has 0 saturated heterocycles. The number of halogens is 2. The van der Waals surface area contributed by atoms with E-state index >= 15 is 0 Å². The van der Waals surface area contributed by atoms with Gasteiger partial charge in [0.15, 0.2) is 0 Å². The number of esters is 1. The summed E-state index contributed by atoms with van der Waals surface area (Å²) < 4.78 is 11.8. The Hall–Kier alpha value is -2.38. The first kappa shape index (κ1) is 21.9. The molecule has 0 aliphatic rings. The molecule has 2 aromatic carbocycles. The number of carbonyl (C=O) groups excluding carboxylic acids is 2. The minimum absolute atomic E-state index is 0.0519. The molecular weight excluding hydrogens is 539 g/mol. The van der Waals surface area contributed by atoms with Crippen LogP contribution in [-0.2, 0) is 9.53 Å². The van der Waals surface area contributed by atoms with Gasteiger partial charge in [-0.05, 0) is 93.5 Å². The summed E-state index contributed by atoms with van der Waals surface area (Å²) >= 11 is 5.58. The number of carbonyl (C=O) groups is 2. The van der Waals surface area contributed by atoms with Gasteiger partial charge in [0.25, 0.3) is 5.91 Å². The van der Waals surface area contributed by atoms with Crippen LogP contribution in [0.5, 0.6) is 5.75 Å². The fraction of sp³-hybridized carbons (Fsp3) is 0.150. The summed E-state index contributed by atoms with van der Waals surface area (Å²) in [6.07, 6.45) is 1.50. The predicted octanol–water partition coefficient (Wildman–Crippen LogP) is 4.78. The van der Waals surface area contributed by atoms with Crippen LogP contribution in [0.4, 0.5) is 5.69 Å². The molecule has 0 radical (unpaired) electrons. The first-order chi connectivity index (χ1) is 13.4. The highest BCUT2D eigenvalue weighted by molar-refractivity contribution is 14.1. The van der Waals surface area contributed by atoms with E-state index in [4.69, 9.17) is 4.74 Å². The van der Waals surface area contributed by atoms with E-state index in [1.165, 1.54) is 25.3 Å². The number of nitrogens with zero attached hydrogens (tertiary/aromatic N) is 1. The van der Waals surface area contributed by atoms with Crippen LogP contribution in [0.3, 0.4) is 0 Å². The maximum atomic E-state index is 12.4. The minimum atomic E-state index is -0.548. The van der Waals surface area contributed by atoms with Crippen LogP contribution in [0.25, 0.3) is 6.08 Å². The van der Waals surface area contributed by atoms with Gasteiger partial charge in [0, 0.05) is 5.69 Å². The zero-order valence-corrected chi connectivity index (χ0v) is 18.8. The smallest absolute Gasteiger partial charge is 0.337 e. The fourth-order valence-electron chi connectivity index (χ4n) is 2.27. The maximum absolute atomic E-state index is 12.4. The topological polar surface area (TPSA) is 88.4 Å². The lowest BCUT2D eigenvalue weighted by Gasteiger charge is -2.10. The number of rotatable bonds is 6. The number of hydrogen-bond donors (Lipinski definition) is 1. The van der Waals surface area contributed by atoms with Gasteiger partial charge in [-0.15, -0.1) is 0 Å². The summed E-state index contributed by atoms with van der Waals surface area (Å²) in [6, 6.07) is 11.7. The number of nitriles is 1. The molecule has 144 valence electrons. The zero-order chi connectivity index (χ0) is 20.7. The number of nitrogens with one attached hydrogen (secondary N) is 1. The van der Waals surface area contributed by atoms with E-state index in [1.54, 1.807) is 18.2 Å². The summed E-state index contributed by atoms with van der Waals surface area (Å²) in [6.45, 7) is 2.43. The predicted molar refractivity (Wildman–Crippen MR) is 118 cm³/mol. The second kappa shape index (κ2) is 10.2. The summed E-state index contributed by atoms with van der Waals surface area (Å²) in [5.74, 6) is -0.298. The number of hydrogen-bond acceptors (Lipinski definition) is 5. The monoisotopic (exact) mass is 554 g/mol. The Kier molecular flexibility index (Phi) is 8.02. The Morgan fingerprint density at radius 3 is 2.50 bits per heavy atom. The Labute approximate surface area is 184 Å². The molecule has 0 unspecified atom stereocenters. The molecule has 0 aliphatic heterocycles. The van der Waals surface area contributed by atoms with Gasteiger partial charge < -0.3 is 14.8 Å². The van der Waals surface area contributed by atoms with E-state index in [0.29, 0.717) is 29.2 Å². The van der Waals surface area contributed by atoms with Crippen molar-refractivity contribution >= 4 is 62.2 Å². The highest BCUT2D eigenvalue weighted by atomic mass is 127. The van der Waals surface area contributed by atoms with Gasteiger partial charge in [0.1, 0.15) is 17.4 Å². The molecule has 0 fully saturated rings. The fourth-order valence-corrected chi connectivity index (χ4v) is 4.04. The Balaban J connectivity index is 2.21. The van der Waals surface area contributed by atoms with Crippen LogP contribution >= 0.6 is 38.5 Å². The SMILES string of the molecule is CCOc1c(Br)cc(/C=C(\C#N)C(=O)Nc2ccc(C(=O)OC)cc2)cc1I. The standard InChI is InChI=1S/C20H16BrIN2O4/c1-3-28-18-16(21)9-12(10-17(18)22)8-14(11-23)19(25)24-15-6-4-13(5-7-15)20(26)27-2/h4-10H,3H2,1-2H3,(H,24,25)/b14-8+. The van der Waals surface area contributed by atoms with Crippen LogP contribution in [0.2, 0.25) is 0 Å². The third kappa shape index (κ3) is 5.56. The van der Waals surface area contributed by atoms with E-state index < -0.39 is 11.9 Å². The van der Waals surface area contributed by atoms with Crippen molar-refractivity contribution in [1.29, 1.82) is 5.26 Å². The second-order valence-electron chi connectivity index (χ2n) is 5.44. The number of anilines is 1. The van der Waals surface area contributed by atoms with E-state index in [1.807, 2.05) is 19.1 Å². The van der Waals surface area contributed by atoms with Gasteiger partial charge in [-0.3, -0.25) is 4.79 Å².